The van der Waals surface area contributed by atoms with Crippen molar-refractivity contribution in [2.45, 2.75) is 31.5 Å². The van der Waals surface area contributed by atoms with E-state index in [0.29, 0.717) is 19.6 Å². The van der Waals surface area contributed by atoms with Crippen molar-refractivity contribution in [2.24, 2.45) is 5.92 Å². The minimum atomic E-state index is -4.46. The molecule has 0 spiro atoms. The highest BCUT2D eigenvalue weighted by Crippen LogP contribution is 2.30. The molecule has 1 aromatic rings. The molecule has 1 aliphatic rings. The van der Waals surface area contributed by atoms with E-state index >= 15 is 0 Å². The van der Waals surface area contributed by atoms with Gasteiger partial charge in [0, 0.05) is 25.4 Å². The number of alkyl halides is 3. The summed E-state index contributed by atoms with van der Waals surface area (Å²) in [4.78, 5) is 11.7. The van der Waals surface area contributed by atoms with Crippen LogP contribution in [-0.2, 0) is 10.9 Å². The summed E-state index contributed by atoms with van der Waals surface area (Å²) in [6.45, 7) is 1.50. The van der Waals surface area contributed by atoms with Crippen molar-refractivity contribution >= 4 is 11.7 Å². The molecule has 2 amide bonds. The van der Waals surface area contributed by atoms with Gasteiger partial charge in [0.15, 0.2) is 0 Å². The summed E-state index contributed by atoms with van der Waals surface area (Å²) in [6.07, 6.45) is -3.01. The first kappa shape index (κ1) is 18.5. The number of rotatable bonds is 5. The predicted molar refractivity (Wildman–Crippen MR) is 82.6 cm³/mol. The van der Waals surface area contributed by atoms with E-state index in [1.54, 1.807) is 0 Å². The van der Waals surface area contributed by atoms with Crippen molar-refractivity contribution in [3.05, 3.63) is 29.8 Å². The SMILES string of the molecule is O=C(NCC[C@H](O)C1CCOCC1)Nc1cccc(C(F)(F)F)c1. The third-order valence-electron chi connectivity index (χ3n) is 3.98. The summed E-state index contributed by atoms with van der Waals surface area (Å²) < 4.78 is 43.0. The number of benzene rings is 1. The van der Waals surface area contributed by atoms with Gasteiger partial charge in [-0.15, -0.1) is 0 Å². The van der Waals surface area contributed by atoms with Gasteiger partial charge in [0.1, 0.15) is 0 Å². The number of carbonyl (C=O) groups is 1. The highest BCUT2D eigenvalue weighted by atomic mass is 19.4. The summed E-state index contributed by atoms with van der Waals surface area (Å²) in [5.41, 5.74) is -0.762. The second-order valence-electron chi connectivity index (χ2n) is 5.77. The number of anilines is 1. The van der Waals surface area contributed by atoms with E-state index < -0.39 is 23.9 Å². The minimum Gasteiger partial charge on any atom is -0.393 e. The number of halogens is 3. The predicted octanol–water partition coefficient (Wildman–Crippen LogP) is 3.00. The fourth-order valence-electron chi connectivity index (χ4n) is 2.62. The summed E-state index contributed by atoms with van der Waals surface area (Å²) in [5.74, 6) is 0.159. The van der Waals surface area contributed by atoms with Crippen molar-refractivity contribution in [3.63, 3.8) is 0 Å². The van der Waals surface area contributed by atoms with Gasteiger partial charge in [0.05, 0.1) is 11.7 Å². The molecule has 0 unspecified atom stereocenters. The number of aliphatic hydroxyl groups is 1. The van der Waals surface area contributed by atoms with E-state index in [-0.39, 0.29) is 18.2 Å². The first-order chi connectivity index (χ1) is 11.4. The lowest BCUT2D eigenvalue weighted by atomic mass is 9.92. The van der Waals surface area contributed by atoms with Crippen molar-refractivity contribution < 1.29 is 27.8 Å². The Bertz CT molecular complexity index is 546. The van der Waals surface area contributed by atoms with Crippen LogP contribution < -0.4 is 10.6 Å². The van der Waals surface area contributed by atoms with E-state index in [2.05, 4.69) is 10.6 Å². The van der Waals surface area contributed by atoms with Gasteiger partial charge in [0.25, 0.3) is 0 Å². The average Bonchev–Trinajstić information content (AvgIpc) is 2.55. The van der Waals surface area contributed by atoms with Crippen molar-refractivity contribution in [2.75, 3.05) is 25.1 Å². The standard InChI is InChI=1S/C16H21F3N2O3/c17-16(18,19)12-2-1-3-13(10-12)21-15(23)20-7-4-14(22)11-5-8-24-9-6-11/h1-3,10-11,14,22H,4-9H2,(H2,20,21,23)/t14-/m0/s1. The summed E-state index contributed by atoms with van der Waals surface area (Å²) in [7, 11) is 0. The molecule has 134 valence electrons. The molecule has 24 heavy (non-hydrogen) atoms. The number of ether oxygens (including phenoxy) is 1. The van der Waals surface area contributed by atoms with Crippen LogP contribution in [0.4, 0.5) is 23.7 Å². The van der Waals surface area contributed by atoms with E-state index in [1.807, 2.05) is 0 Å². The summed E-state index contributed by atoms with van der Waals surface area (Å²) in [6, 6.07) is 3.82. The zero-order valence-corrected chi connectivity index (χ0v) is 13.1. The molecular formula is C16H21F3N2O3. The summed E-state index contributed by atoms with van der Waals surface area (Å²) >= 11 is 0. The van der Waals surface area contributed by atoms with Gasteiger partial charge >= 0.3 is 12.2 Å². The maximum Gasteiger partial charge on any atom is 0.416 e. The Balaban J connectivity index is 1.75. The van der Waals surface area contributed by atoms with E-state index in [9.17, 15) is 23.1 Å². The van der Waals surface area contributed by atoms with E-state index in [0.717, 1.165) is 25.0 Å². The number of hydrogen-bond acceptors (Lipinski definition) is 3. The Hall–Kier alpha value is -1.80. The van der Waals surface area contributed by atoms with Crippen LogP contribution in [-0.4, -0.2) is 37.0 Å². The normalized spacial score (nSPS) is 17.3. The Morgan fingerprint density at radius 3 is 2.71 bits per heavy atom. The third-order valence-corrected chi connectivity index (χ3v) is 3.98. The zero-order valence-electron chi connectivity index (χ0n) is 13.1. The lowest BCUT2D eigenvalue weighted by molar-refractivity contribution is -0.137. The van der Waals surface area contributed by atoms with Crippen LogP contribution in [0.1, 0.15) is 24.8 Å². The highest BCUT2D eigenvalue weighted by Gasteiger charge is 2.30. The van der Waals surface area contributed by atoms with Gasteiger partial charge in [-0.2, -0.15) is 13.2 Å². The van der Waals surface area contributed by atoms with Gasteiger partial charge in [-0.1, -0.05) is 6.07 Å². The third kappa shape index (κ3) is 5.68. The average molecular weight is 346 g/mol. The largest absolute Gasteiger partial charge is 0.416 e. The molecule has 0 bridgehead atoms. The molecule has 1 saturated heterocycles. The van der Waals surface area contributed by atoms with Crippen LogP contribution in [0.2, 0.25) is 0 Å². The fraction of sp³-hybridized carbons (Fsp3) is 0.562. The topological polar surface area (TPSA) is 70.6 Å². The molecule has 0 aliphatic carbocycles. The van der Waals surface area contributed by atoms with Crippen LogP contribution in [0, 0.1) is 5.92 Å². The molecule has 8 heteroatoms. The molecule has 0 aromatic heterocycles. The van der Waals surface area contributed by atoms with Crippen molar-refractivity contribution in [3.8, 4) is 0 Å². The van der Waals surface area contributed by atoms with Gasteiger partial charge in [-0.3, -0.25) is 0 Å². The number of amides is 2. The lowest BCUT2D eigenvalue weighted by Crippen LogP contribution is -2.34. The highest BCUT2D eigenvalue weighted by molar-refractivity contribution is 5.89. The molecule has 1 heterocycles. The molecule has 3 N–H and O–H groups in total. The second-order valence-corrected chi connectivity index (χ2v) is 5.77. The first-order valence-electron chi connectivity index (χ1n) is 7.84. The molecule has 1 aliphatic heterocycles. The zero-order chi connectivity index (χ0) is 17.6. The Morgan fingerprint density at radius 1 is 1.33 bits per heavy atom. The van der Waals surface area contributed by atoms with Crippen LogP contribution >= 0.6 is 0 Å². The summed E-state index contributed by atoms with van der Waals surface area (Å²) in [5, 5.41) is 14.9. The first-order valence-corrected chi connectivity index (χ1v) is 7.84. The number of hydrogen-bond donors (Lipinski definition) is 3. The van der Waals surface area contributed by atoms with Gasteiger partial charge in [0.2, 0.25) is 0 Å². The van der Waals surface area contributed by atoms with Crippen molar-refractivity contribution in [1.82, 2.24) is 5.32 Å². The van der Waals surface area contributed by atoms with E-state index in [1.165, 1.54) is 12.1 Å². The second kappa shape index (κ2) is 8.34. The Morgan fingerprint density at radius 2 is 2.04 bits per heavy atom. The fourth-order valence-corrected chi connectivity index (χ4v) is 2.62. The lowest BCUT2D eigenvalue weighted by Gasteiger charge is -2.26. The molecule has 1 atom stereocenters. The van der Waals surface area contributed by atoms with Crippen LogP contribution in [0.25, 0.3) is 0 Å². The number of urea groups is 1. The van der Waals surface area contributed by atoms with Gasteiger partial charge in [-0.25, -0.2) is 4.79 Å². The maximum absolute atomic E-state index is 12.6. The Labute approximate surface area is 138 Å². The van der Waals surface area contributed by atoms with E-state index in [4.69, 9.17) is 4.74 Å². The molecule has 0 radical (unpaired) electrons. The minimum absolute atomic E-state index is 0.0623. The van der Waals surface area contributed by atoms with Crippen molar-refractivity contribution in [1.29, 1.82) is 0 Å². The molecule has 1 fully saturated rings. The molecule has 2 rings (SSSR count). The molecular weight excluding hydrogens is 325 g/mol. The Kier molecular flexibility index (Phi) is 6.44. The van der Waals surface area contributed by atoms with Gasteiger partial charge < -0.3 is 20.5 Å². The molecule has 5 nitrogen and oxygen atoms in total. The monoisotopic (exact) mass is 346 g/mol. The number of nitrogens with one attached hydrogen (secondary N) is 2. The van der Waals surface area contributed by atoms with Crippen LogP contribution in [0.3, 0.4) is 0 Å². The number of carbonyl (C=O) groups excluding carboxylic acids is 1. The molecule has 1 aromatic carbocycles. The van der Waals surface area contributed by atoms with Crippen LogP contribution in [0.15, 0.2) is 24.3 Å². The smallest absolute Gasteiger partial charge is 0.393 e. The molecule has 0 saturated carbocycles. The number of aliphatic hydroxyl groups excluding tert-OH is 1. The quantitative estimate of drug-likeness (QED) is 0.768. The van der Waals surface area contributed by atoms with Gasteiger partial charge in [-0.05, 0) is 43.4 Å². The maximum atomic E-state index is 12.6. The van der Waals surface area contributed by atoms with Crippen LogP contribution in [0.5, 0.6) is 0 Å².